The zero-order valence-corrected chi connectivity index (χ0v) is 12.0. The Bertz CT molecular complexity index is 437. The van der Waals surface area contributed by atoms with Gasteiger partial charge in [0.25, 0.3) is 0 Å². The summed E-state index contributed by atoms with van der Waals surface area (Å²) in [6.07, 6.45) is 1.25. The number of carbonyl (C=O) groups excluding carboxylic acids is 1. The SMILES string of the molecule is CC(C)CC(CN)CC(=O)Nc1ccc(F)cc1Cl. The molecule has 0 bridgehead atoms. The van der Waals surface area contributed by atoms with Crippen LogP contribution in [0, 0.1) is 17.7 Å². The first-order valence-corrected chi connectivity index (χ1v) is 6.75. The van der Waals surface area contributed by atoms with E-state index >= 15 is 0 Å². The summed E-state index contributed by atoms with van der Waals surface area (Å²) in [7, 11) is 0. The maximum Gasteiger partial charge on any atom is 0.224 e. The van der Waals surface area contributed by atoms with Crippen molar-refractivity contribution in [3.05, 3.63) is 29.0 Å². The largest absolute Gasteiger partial charge is 0.330 e. The third-order valence-electron chi connectivity index (χ3n) is 2.82. The first-order valence-electron chi connectivity index (χ1n) is 6.37. The normalized spacial score (nSPS) is 12.5. The molecule has 1 unspecified atom stereocenters. The third kappa shape index (κ3) is 5.57. The molecule has 0 heterocycles. The van der Waals surface area contributed by atoms with Crippen molar-refractivity contribution in [1.29, 1.82) is 0 Å². The number of carbonyl (C=O) groups is 1. The van der Waals surface area contributed by atoms with Gasteiger partial charge in [0.1, 0.15) is 5.82 Å². The van der Waals surface area contributed by atoms with Gasteiger partial charge in [-0.05, 0) is 43.0 Å². The van der Waals surface area contributed by atoms with Crippen molar-refractivity contribution < 1.29 is 9.18 Å². The van der Waals surface area contributed by atoms with Crippen molar-refractivity contribution >= 4 is 23.2 Å². The highest BCUT2D eigenvalue weighted by Crippen LogP contribution is 2.23. The van der Waals surface area contributed by atoms with E-state index in [0.717, 1.165) is 6.42 Å². The summed E-state index contributed by atoms with van der Waals surface area (Å²) >= 11 is 5.85. The number of benzene rings is 1. The van der Waals surface area contributed by atoms with Crippen LogP contribution in [0.2, 0.25) is 5.02 Å². The minimum atomic E-state index is -0.428. The lowest BCUT2D eigenvalue weighted by atomic mass is 9.94. The summed E-state index contributed by atoms with van der Waals surface area (Å²) in [5, 5.41) is 2.88. The lowest BCUT2D eigenvalue weighted by Crippen LogP contribution is -2.23. The Hall–Kier alpha value is -1.13. The molecule has 0 aromatic heterocycles. The van der Waals surface area contributed by atoms with Gasteiger partial charge in [0.15, 0.2) is 0 Å². The standard InChI is InChI=1S/C14H20ClFN2O/c1-9(2)5-10(8-17)6-14(19)18-13-4-3-11(16)7-12(13)15/h3-4,7,9-10H,5-6,8,17H2,1-2H3,(H,18,19). The molecule has 1 atom stereocenters. The Morgan fingerprint density at radius 2 is 2.16 bits per heavy atom. The third-order valence-corrected chi connectivity index (χ3v) is 3.13. The fraction of sp³-hybridized carbons (Fsp3) is 0.500. The molecule has 0 aliphatic rings. The van der Waals surface area contributed by atoms with Gasteiger partial charge in [-0.3, -0.25) is 4.79 Å². The summed E-state index contributed by atoms with van der Waals surface area (Å²) in [4.78, 5) is 11.9. The molecular weight excluding hydrogens is 267 g/mol. The van der Waals surface area contributed by atoms with E-state index in [9.17, 15) is 9.18 Å². The number of amides is 1. The van der Waals surface area contributed by atoms with Crippen LogP contribution >= 0.6 is 11.6 Å². The van der Waals surface area contributed by atoms with Crippen LogP contribution in [0.15, 0.2) is 18.2 Å². The molecule has 106 valence electrons. The van der Waals surface area contributed by atoms with Gasteiger partial charge in [-0.1, -0.05) is 25.4 Å². The second kappa shape index (κ2) is 7.46. The van der Waals surface area contributed by atoms with Crippen LogP contribution < -0.4 is 11.1 Å². The van der Waals surface area contributed by atoms with Crippen LogP contribution in [0.4, 0.5) is 10.1 Å². The van der Waals surface area contributed by atoms with E-state index in [4.69, 9.17) is 17.3 Å². The minimum absolute atomic E-state index is 0.149. The van der Waals surface area contributed by atoms with Crippen molar-refractivity contribution in [2.24, 2.45) is 17.6 Å². The number of nitrogens with two attached hydrogens (primary N) is 1. The zero-order chi connectivity index (χ0) is 14.4. The Morgan fingerprint density at radius 3 is 2.68 bits per heavy atom. The number of hydrogen-bond acceptors (Lipinski definition) is 2. The highest BCUT2D eigenvalue weighted by molar-refractivity contribution is 6.33. The summed E-state index contributed by atoms with van der Waals surface area (Å²) in [5.74, 6) is 0.0715. The van der Waals surface area contributed by atoms with Crippen molar-refractivity contribution in [2.75, 3.05) is 11.9 Å². The Labute approximate surface area is 118 Å². The second-order valence-corrected chi connectivity index (χ2v) is 5.51. The fourth-order valence-corrected chi connectivity index (χ4v) is 2.20. The number of nitrogens with one attached hydrogen (secondary N) is 1. The molecule has 0 saturated heterocycles. The molecule has 0 aliphatic heterocycles. The molecular formula is C14H20ClFN2O. The van der Waals surface area contributed by atoms with Gasteiger partial charge in [0, 0.05) is 6.42 Å². The Balaban J connectivity index is 2.59. The molecule has 19 heavy (non-hydrogen) atoms. The van der Waals surface area contributed by atoms with E-state index in [2.05, 4.69) is 19.2 Å². The van der Waals surface area contributed by atoms with Gasteiger partial charge in [-0.2, -0.15) is 0 Å². The average Bonchev–Trinajstić information content (AvgIpc) is 2.31. The van der Waals surface area contributed by atoms with Gasteiger partial charge >= 0.3 is 0 Å². The Morgan fingerprint density at radius 1 is 1.47 bits per heavy atom. The summed E-state index contributed by atoms with van der Waals surface area (Å²) in [6, 6.07) is 3.89. The number of rotatable bonds is 6. The van der Waals surface area contributed by atoms with Gasteiger partial charge in [0.05, 0.1) is 10.7 Å². The molecule has 0 fully saturated rings. The summed E-state index contributed by atoms with van der Waals surface area (Å²) in [6.45, 7) is 4.66. The molecule has 0 saturated carbocycles. The molecule has 0 spiro atoms. The zero-order valence-electron chi connectivity index (χ0n) is 11.2. The van der Waals surface area contributed by atoms with E-state index in [1.807, 2.05) is 0 Å². The first-order chi connectivity index (χ1) is 8.92. The molecule has 1 aromatic carbocycles. The van der Waals surface area contributed by atoms with Crippen molar-refractivity contribution in [3.63, 3.8) is 0 Å². The highest BCUT2D eigenvalue weighted by Gasteiger charge is 2.15. The van der Waals surface area contributed by atoms with Crippen LogP contribution in [0.25, 0.3) is 0 Å². The van der Waals surface area contributed by atoms with Crippen LogP contribution in [-0.2, 0) is 4.79 Å². The lowest BCUT2D eigenvalue weighted by molar-refractivity contribution is -0.117. The monoisotopic (exact) mass is 286 g/mol. The maximum atomic E-state index is 12.9. The predicted molar refractivity (Wildman–Crippen MR) is 76.7 cm³/mol. The van der Waals surface area contributed by atoms with E-state index in [0.29, 0.717) is 24.6 Å². The first kappa shape index (κ1) is 15.9. The molecule has 0 radical (unpaired) electrons. The molecule has 1 aromatic rings. The number of halogens is 2. The number of hydrogen-bond donors (Lipinski definition) is 2. The van der Waals surface area contributed by atoms with Crippen molar-refractivity contribution in [2.45, 2.75) is 26.7 Å². The van der Waals surface area contributed by atoms with Gasteiger partial charge < -0.3 is 11.1 Å². The van der Waals surface area contributed by atoms with Crippen LogP contribution in [-0.4, -0.2) is 12.5 Å². The van der Waals surface area contributed by atoms with Crippen LogP contribution in [0.3, 0.4) is 0 Å². The predicted octanol–water partition coefficient (Wildman–Crippen LogP) is 3.43. The molecule has 1 amide bonds. The van der Waals surface area contributed by atoms with Crippen molar-refractivity contribution in [1.82, 2.24) is 0 Å². The van der Waals surface area contributed by atoms with E-state index in [1.165, 1.54) is 18.2 Å². The quantitative estimate of drug-likeness (QED) is 0.842. The lowest BCUT2D eigenvalue weighted by Gasteiger charge is -2.16. The summed E-state index contributed by atoms with van der Waals surface area (Å²) in [5.41, 5.74) is 6.08. The molecule has 0 aliphatic carbocycles. The smallest absolute Gasteiger partial charge is 0.224 e. The van der Waals surface area contributed by atoms with Gasteiger partial charge in [0.2, 0.25) is 5.91 Å². The molecule has 3 nitrogen and oxygen atoms in total. The number of anilines is 1. The second-order valence-electron chi connectivity index (χ2n) is 5.11. The summed E-state index contributed by atoms with van der Waals surface area (Å²) < 4.78 is 12.9. The molecule has 5 heteroatoms. The van der Waals surface area contributed by atoms with Crippen molar-refractivity contribution in [3.8, 4) is 0 Å². The molecule has 3 N–H and O–H groups in total. The topological polar surface area (TPSA) is 55.1 Å². The van der Waals surface area contributed by atoms with Gasteiger partial charge in [-0.25, -0.2) is 4.39 Å². The van der Waals surface area contributed by atoms with E-state index < -0.39 is 5.82 Å². The molecule has 1 rings (SSSR count). The van der Waals surface area contributed by atoms with E-state index in [1.54, 1.807) is 0 Å². The highest BCUT2D eigenvalue weighted by atomic mass is 35.5. The minimum Gasteiger partial charge on any atom is -0.330 e. The Kier molecular flexibility index (Phi) is 6.25. The van der Waals surface area contributed by atoms with Gasteiger partial charge in [-0.15, -0.1) is 0 Å². The van der Waals surface area contributed by atoms with Crippen LogP contribution in [0.5, 0.6) is 0 Å². The average molecular weight is 287 g/mol. The fourth-order valence-electron chi connectivity index (χ4n) is 1.98. The van der Waals surface area contributed by atoms with E-state index in [-0.39, 0.29) is 16.8 Å². The maximum absolute atomic E-state index is 12.9. The van der Waals surface area contributed by atoms with Crippen LogP contribution in [0.1, 0.15) is 26.7 Å².